The third-order valence-electron chi connectivity index (χ3n) is 5.12. The Bertz CT molecular complexity index is 1140. The van der Waals surface area contributed by atoms with Gasteiger partial charge in [0.1, 0.15) is 17.5 Å². The van der Waals surface area contributed by atoms with Crippen LogP contribution in [-0.2, 0) is 16.3 Å². The first-order valence-corrected chi connectivity index (χ1v) is 11.9. The molecule has 1 saturated heterocycles. The summed E-state index contributed by atoms with van der Waals surface area (Å²) in [5.41, 5.74) is 1.21. The Morgan fingerprint density at radius 1 is 1.00 bits per heavy atom. The lowest BCUT2D eigenvalue weighted by Crippen LogP contribution is -2.39. The summed E-state index contributed by atoms with van der Waals surface area (Å²) >= 11 is 1.42. The smallest absolute Gasteiger partial charge is 0.185 e. The molecule has 30 heavy (non-hydrogen) atoms. The molecule has 0 amide bonds. The van der Waals surface area contributed by atoms with Gasteiger partial charge < -0.3 is 4.90 Å². The van der Waals surface area contributed by atoms with Crippen LogP contribution in [0, 0.1) is 17.5 Å². The van der Waals surface area contributed by atoms with Crippen molar-refractivity contribution in [3.8, 4) is 0 Å². The first-order valence-electron chi connectivity index (χ1n) is 9.45. The fourth-order valence-electron chi connectivity index (χ4n) is 3.64. The van der Waals surface area contributed by atoms with Gasteiger partial charge in [-0.1, -0.05) is 6.07 Å². The summed E-state index contributed by atoms with van der Waals surface area (Å²) in [6.07, 6.45) is 1.15. The Morgan fingerprint density at radius 2 is 1.70 bits per heavy atom. The van der Waals surface area contributed by atoms with Crippen LogP contribution in [0.4, 0.5) is 18.3 Å². The van der Waals surface area contributed by atoms with E-state index in [0.717, 1.165) is 17.3 Å². The highest BCUT2D eigenvalue weighted by atomic mass is 32.2. The zero-order chi connectivity index (χ0) is 21.3. The van der Waals surface area contributed by atoms with Crippen LogP contribution in [0.3, 0.4) is 0 Å². The molecule has 1 aromatic heterocycles. The highest BCUT2D eigenvalue weighted by Crippen LogP contribution is 2.30. The van der Waals surface area contributed by atoms with Crippen LogP contribution in [0.1, 0.15) is 24.1 Å². The van der Waals surface area contributed by atoms with Gasteiger partial charge in [0, 0.05) is 31.0 Å². The van der Waals surface area contributed by atoms with Crippen LogP contribution in [0.5, 0.6) is 0 Å². The summed E-state index contributed by atoms with van der Waals surface area (Å²) in [4.78, 5) is 6.57. The fraction of sp³-hybridized carbons (Fsp3) is 0.286. The van der Waals surface area contributed by atoms with Gasteiger partial charge in [0.2, 0.25) is 0 Å². The number of piperidine rings is 1. The summed E-state index contributed by atoms with van der Waals surface area (Å²) in [7, 11) is -3.59. The normalized spacial score (nSPS) is 15.5. The van der Waals surface area contributed by atoms with Crippen molar-refractivity contribution in [1.29, 1.82) is 0 Å². The summed E-state index contributed by atoms with van der Waals surface area (Å²) in [5, 5.41) is 2.03. The van der Waals surface area contributed by atoms with E-state index in [1.54, 1.807) is 0 Å². The number of anilines is 1. The maximum Gasteiger partial charge on any atom is 0.185 e. The molecule has 2 aromatic carbocycles. The number of rotatable bonds is 5. The molecule has 4 nitrogen and oxygen atoms in total. The van der Waals surface area contributed by atoms with Crippen molar-refractivity contribution in [2.45, 2.75) is 29.4 Å². The van der Waals surface area contributed by atoms with Crippen molar-refractivity contribution in [2.24, 2.45) is 0 Å². The molecule has 0 spiro atoms. The molecule has 1 aliphatic heterocycles. The van der Waals surface area contributed by atoms with Gasteiger partial charge >= 0.3 is 0 Å². The van der Waals surface area contributed by atoms with Crippen molar-refractivity contribution in [3.63, 3.8) is 0 Å². The minimum Gasteiger partial charge on any atom is -0.348 e. The average Bonchev–Trinajstić information content (AvgIpc) is 3.16. The van der Waals surface area contributed by atoms with Crippen molar-refractivity contribution in [2.75, 3.05) is 18.0 Å². The van der Waals surface area contributed by atoms with Crippen LogP contribution in [0.2, 0.25) is 0 Å². The lowest BCUT2D eigenvalue weighted by molar-refractivity contribution is 0.528. The van der Waals surface area contributed by atoms with Crippen LogP contribution < -0.4 is 4.90 Å². The maximum absolute atomic E-state index is 13.4. The molecule has 0 aliphatic carbocycles. The zero-order valence-corrected chi connectivity index (χ0v) is 17.5. The van der Waals surface area contributed by atoms with E-state index in [2.05, 4.69) is 4.98 Å². The second-order valence-corrected chi connectivity index (χ2v) is 10.3. The van der Waals surface area contributed by atoms with Crippen molar-refractivity contribution in [1.82, 2.24) is 4.98 Å². The number of halogens is 3. The van der Waals surface area contributed by atoms with Gasteiger partial charge in [0.15, 0.2) is 15.0 Å². The quantitative estimate of drug-likeness (QED) is 0.568. The van der Waals surface area contributed by atoms with Crippen LogP contribution in [0.15, 0.2) is 52.7 Å². The minimum absolute atomic E-state index is 0.0137. The molecule has 0 unspecified atom stereocenters. The van der Waals surface area contributed by atoms with Crippen molar-refractivity contribution in [3.05, 3.63) is 76.6 Å². The molecule has 9 heteroatoms. The van der Waals surface area contributed by atoms with Crippen molar-refractivity contribution < 1.29 is 21.6 Å². The summed E-state index contributed by atoms with van der Waals surface area (Å²) in [6.45, 7) is 1.03. The molecule has 1 aliphatic rings. The lowest BCUT2D eigenvalue weighted by atomic mass is 10.1. The molecule has 4 rings (SSSR count). The topological polar surface area (TPSA) is 50.3 Å². The van der Waals surface area contributed by atoms with Gasteiger partial charge in [-0.2, -0.15) is 0 Å². The highest BCUT2D eigenvalue weighted by Gasteiger charge is 2.32. The Kier molecular flexibility index (Phi) is 5.84. The highest BCUT2D eigenvalue weighted by molar-refractivity contribution is 7.92. The summed E-state index contributed by atoms with van der Waals surface area (Å²) < 4.78 is 65.7. The van der Waals surface area contributed by atoms with E-state index in [4.69, 9.17) is 0 Å². The Labute approximate surface area is 176 Å². The fourth-order valence-corrected chi connectivity index (χ4v) is 6.28. The van der Waals surface area contributed by atoms with Crippen LogP contribution in [-0.4, -0.2) is 31.7 Å². The molecule has 0 atom stereocenters. The molecule has 0 radical (unpaired) electrons. The van der Waals surface area contributed by atoms with Gasteiger partial charge in [-0.15, -0.1) is 11.3 Å². The molecular formula is C21H19F3N2O2S2. The van der Waals surface area contributed by atoms with E-state index in [9.17, 15) is 21.6 Å². The molecule has 3 aromatic rings. The molecule has 0 saturated carbocycles. The van der Waals surface area contributed by atoms with Gasteiger partial charge in [0.05, 0.1) is 15.8 Å². The third-order valence-corrected chi connectivity index (χ3v) is 8.33. The van der Waals surface area contributed by atoms with E-state index in [1.807, 2.05) is 10.3 Å². The SMILES string of the molecule is O=S(=O)(c1cccc(F)c1)C1CCN(c2nc(Cc3cc(F)cc(F)c3)cs2)CC1. The average molecular weight is 453 g/mol. The number of nitrogens with zero attached hydrogens (tertiary/aromatic N) is 2. The second-order valence-electron chi connectivity index (χ2n) is 7.26. The van der Waals surface area contributed by atoms with Gasteiger partial charge in [-0.25, -0.2) is 26.6 Å². The Morgan fingerprint density at radius 3 is 2.37 bits per heavy atom. The number of sulfone groups is 1. The van der Waals surface area contributed by atoms with Gasteiger partial charge in [0.25, 0.3) is 0 Å². The Balaban J connectivity index is 1.41. The maximum atomic E-state index is 13.4. The van der Waals surface area contributed by atoms with Crippen LogP contribution in [0.25, 0.3) is 0 Å². The summed E-state index contributed by atoms with van der Waals surface area (Å²) in [6, 6.07) is 8.50. The Hall–Kier alpha value is -2.39. The minimum atomic E-state index is -3.59. The van der Waals surface area contributed by atoms with E-state index < -0.39 is 32.5 Å². The number of benzene rings is 2. The number of hydrogen-bond acceptors (Lipinski definition) is 5. The molecule has 0 N–H and O–H groups in total. The van der Waals surface area contributed by atoms with E-state index in [-0.39, 0.29) is 4.90 Å². The number of hydrogen-bond donors (Lipinski definition) is 0. The molecule has 1 fully saturated rings. The predicted molar refractivity (Wildman–Crippen MR) is 110 cm³/mol. The predicted octanol–water partition coefficient (Wildman–Crippen LogP) is 4.59. The van der Waals surface area contributed by atoms with Crippen LogP contribution >= 0.6 is 11.3 Å². The van der Waals surface area contributed by atoms with E-state index >= 15 is 0 Å². The van der Waals surface area contributed by atoms with E-state index in [0.29, 0.717) is 43.6 Å². The van der Waals surface area contributed by atoms with E-state index in [1.165, 1.54) is 41.7 Å². The first kappa shape index (κ1) is 20.9. The molecular weight excluding hydrogens is 433 g/mol. The lowest BCUT2D eigenvalue weighted by Gasteiger charge is -2.31. The first-order chi connectivity index (χ1) is 14.3. The largest absolute Gasteiger partial charge is 0.348 e. The number of thiazole rings is 1. The molecule has 2 heterocycles. The zero-order valence-electron chi connectivity index (χ0n) is 15.9. The van der Waals surface area contributed by atoms with Gasteiger partial charge in [-0.05, 0) is 48.7 Å². The third kappa shape index (κ3) is 4.52. The van der Waals surface area contributed by atoms with Gasteiger partial charge in [-0.3, -0.25) is 0 Å². The summed E-state index contributed by atoms with van der Waals surface area (Å²) in [5.74, 6) is -1.81. The number of aromatic nitrogens is 1. The second kappa shape index (κ2) is 8.39. The monoisotopic (exact) mass is 452 g/mol. The standard InChI is InChI=1S/C21H19F3N2O2S2/c22-15-2-1-3-20(12-15)30(27,28)19-4-6-26(7-5-19)21-25-18(13-29-21)10-14-8-16(23)11-17(24)9-14/h1-3,8-9,11-13,19H,4-7,10H2. The molecule has 158 valence electrons. The molecule has 0 bridgehead atoms. The van der Waals surface area contributed by atoms with Crippen molar-refractivity contribution >= 4 is 26.3 Å².